The molecule has 100 valence electrons. The lowest BCUT2D eigenvalue weighted by Crippen LogP contribution is -2.19. The first-order valence-electron chi connectivity index (χ1n) is 6.77. The molecule has 1 N–H and O–H groups in total. The molecule has 1 aliphatic heterocycles. The highest BCUT2D eigenvalue weighted by Crippen LogP contribution is 2.33. The molecule has 0 radical (unpaired) electrons. The number of hydrogen-bond donors (Lipinski definition) is 1. The molecular weight excluding hydrogens is 226 g/mol. The fourth-order valence-electron chi connectivity index (χ4n) is 2.25. The minimum absolute atomic E-state index is 0.392. The van der Waals surface area contributed by atoms with E-state index in [1.54, 1.807) is 0 Å². The summed E-state index contributed by atoms with van der Waals surface area (Å²) in [6.07, 6.45) is 2.37. The highest BCUT2D eigenvalue weighted by molar-refractivity contribution is 5.44. The van der Waals surface area contributed by atoms with Gasteiger partial charge in [0.25, 0.3) is 0 Å². The van der Waals surface area contributed by atoms with Crippen LogP contribution in [0.5, 0.6) is 11.5 Å². The van der Waals surface area contributed by atoms with E-state index in [0.717, 1.165) is 23.8 Å². The van der Waals surface area contributed by atoms with E-state index in [1.807, 2.05) is 13.1 Å². The molecule has 2 rings (SSSR count). The Bertz CT molecular complexity index is 390. The van der Waals surface area contributed by atoms with Crippen LogP contribution in [0.1, 0.15) is 38.3 Å². The number of hydrogen-bond acceptors (Lipinski definition) is 3. The molecule has 0 amide bonds. The monoisotopic (exact) mass is 249 g/mol. The molecule has 0 fully saturated rings. The van der Waals surface area contributed by atoms with Crippen molar-refractivity contribution >= 4 is 0 Å². The van der Waals surface area contributed by atoms with Gasteiger partial charge >= 0.3 is 0 Å². The van der Waals surface area contributed by atoms with Gasteiger partial charge in [-0.05, 0) is 43.5 Å². The summed E-state index contributed by atoms with van der Waals surface area (Å²) < 4.78 is 11.2. The summed E-state index contributed by atoms with van der Waals surface area (Å²) in [6.45, 7) is 5.81. The summed E-state index contributed by atoms with van der Waals surface area (Å²) in [7, 11) is 2.02. The van der Waals surface area contributed by atoms with Crippen molar-refractivity contribution in [1.82, 2.24) is 5.32 Å². The highest BCUT2D eigenvalue weighted by atomic mass is 16.6. The summed E-state index contributed by atoms with van der Waals surface area (Å²) >= 11 is 0. The van der Waals surface area contributed by atoms with Gasteiger partial charge in [-0.25, -0.2) is 0 Å². The van der Waals surface area contributed by atoms with Crippen LogP contribution < -0.4 is 14.8 Å². The Morgan fingerprint density at radius 3 is 2.50 bits per heavy atom. The van der Waals surface area contributed by atoms with E-state index in [-0.39, 0.29) is 0 Å². The molecule has 0 saturated heterocycles. The Labute approximate surface area is 109 Å². The first kappa shape index (κ1) is 13.2. The van der Waals surface area contributed by atoms with Crippen molar-refractivity contribution < 1.29 is 9.47 Å². The average Bonchev–Trinajstić information content (AvgIpc) is 2.39. The van der Waals surface area contributed by atoms with Crippen LogP contribution in [0.25, 0.3) is 0 Å². The van der Waals surface area contributed by atoms with Gasteiger partial charge in [0.15, 0.2) is 11.5 Å². The summed E-state index contributed by atoms with van der Waals surface area (Å²) in [5, 5.41) is 3.38. The second kappa shape index (κ2) is 6.10. The van der Waals surface area contributed by atoms with Gasteiger partial charge in [-0.15, -0.1) is 0 Å². The molecule has 0 aliphatic carbocycles. The zero-order chi connectivity index (χ0) is 13.0. The first-order chi connectivity index (χ1) is 8.70. The van der Waals surface area contributed by atoms with Crippen molar-refractivity contribution in [2.24, 2.45) is 5.92 Å². The molecule has 18 heavy (non-hydrogen) atoms. The lowest BCUT2D eigenvalue weighted by molar-refractivity contribution is 0.171. The predicted octanol–water partition coefficient (Wildman–Crippen LogP) is 3.15. The Morgan fingerprint density at radius 2 is 1.83 bits per heavy atom. The Balaban J connectivity index is 2.10. The number of rotatable bonds is 5. The summed E-state index contributed by atoms with van der Waals surface area (Å²) in [4.78, 5) is 0. The number of benzene rings is 1. The van der Waals surface area contributed by atoms with E-state index < -0.39 is 0 Å². The Morgan fingerprint density at radius 1 is 1.11 bits per heavy atom. The maximum atomic E-state index is 5.63. The third-order valence-electron chi connectivity index (χ3n) is 3.35. The van der Waals surface area contributed by atoms with Gasteiger partial charge in [-0.1, -0.05) is 19.9 Å². The predicted molar refractivity (Wildman–Crippen MR) is 73.3 cm³/mol. The van der Waals surface area contributed by atoms with E-state index in [1.165, 1.54) is 12.0 Å². The zero-order valence-corrected chi connectivity index (χ0v) is 11.5. The van der Waals surface area contributed by atoms with Crippen molar-refractivity contribution in [2.45, 2.75) is 32.7 Å². The largest absolute Gasteiger partial charge is 0.486 e. The lowest BCUT2D eigenvalue weighted by atomic mass is 9.97. The van der Waals surface area contributed by atoms with Crippen molar-refractivity contribution in [3.8, 4) is 11.5 Å². The summed E-state index contributed by atoms with van der Waals surface area (Å²) in [6, 6.07) is 6.65. The molecule has 1 aliphatic rings. The molecular formula is C15H23NO2. The van der Waals surface area contributed by atoms with Crippen LogP contribution in [0.15, 0.2) is 18.2 Å². The van der Waals surface area contributed by atoms with Gasteiger partial charge in [-0.3, -0.25) is 0 Å². The van der Waals surface area contributed by atoms with Gasteiger partial charge in [-0.2, -0.15) is 0 Å². The van der Waals surface area contributed by atoms with E-state index in [2.05, 4.69) is 31.3 Å². The van der Waals surface area contributed by atoms with E-state index in [9.17, 15) is 0 Å². The smallest absolute Gasteiger partial charge is 0.161 e. The molecule has 1 aromatic rings. The molecule has 3 heteroatoms. The molecule has 1 atom stereocenters. The minimum atomic E-state index is 0.392. The third kappa shape index (κ3) is 3.16. The second-order valence-corrected chi connectivity index (χ2v) is 5.22. The van der Waals surface area contributed by atoms with E-state index >= 15 is 0 Å². The quantitative estimate of drug-likeness (QED) is 0.869. The van der Waals surface area contributed by atoms with Crippen LogP contribution >= 0.6 is 0 Å². The molecule has 0 bridgehead atoms. The third-order valence-corrected chi connectivity index (χ3v) is 3.35. The standard InChI is InChI=1S/C15H23NO2/c1-11(2)4-6-13(16-3)12-5-7-14-15(10-12)18-9-8-17-14/h5,7,10-11,13,16H,4,6,8-9H2,1-3H3. The zero-order valence-electron chi connectivity index (χ0n) is 11.5. The first-order valence-corrected chi connectivity index (χ1v) is 6.77. The number of fused-ring (bicyclic) bond motifs is 1. The van der Waals surface area contributed by atoms with Crippen molar-refractivity contribution in [3.63, 3.8) is 0 Å². The van der Waals surface area contributed by atoms with Gasteiger partial charge in [0.1, 0.15) is 13.2 Å². The van der Waals surface area contributed by atoms with Crippen molar-refractivity contribution in [1.29, 1.82) is 0 Å². The van der Waals surface area contributed by atoms with Crippen LogP contribution in [0.4, 0.5) is 0 Å². The SMILES string of the molecule is CNC(CCC(C)C)c1ccc2c(c1)OCCO2. The summed E-state index contributed by atoms with van der Waals surface area (Å²) in [5.74, 6) is 2.48. The molecule has 0 saturated carbocycles. The van der Waals surface area contributed by atoms with Gasteiger partial charge in [0.2, 0.25) is 0 Å². The molecule has 3 nitrogen and oxygen atoms in total. The van der Waals surface area contributed by atoms with Crippen LogP contribution in [0, 0.1) is 5.92 Å². The molecule has 1 aromatic carbocycles. The van der Waals surface area contributed by atoms with Gasteiger partial charge in [0.05, 0.1) is 0 Å². The maximum Gasteiger partial charge on any atom is 0.161 e. The number of nitrogens with one attached hydrogen (secondary N) is 1. The normalized spacial score (nSPS) is 15.8. The van der Waals surface area contributed by atoms with Crippen LogP contribution in [0.3, 0.4) is 0 Å². The van der Waals surface area contributed by atoms with E-state index in [0.29, 0.717) is 19.3 Å². The fraction of sp³-hybridized carbons (Fsp3) is 0.600. The Kier molecular flexibility index (Phi) is 4.48. The second-order valence-electron chi connectivity index (χ2n) is 5.22. The Hall–Kier alpha value is -1.22. The average molecular weight is 249 g/mol. The van der Waals surface area contributed by atoms with Gasteiger partial charge in [0, 0.05) is 6.04 Å². The van der Waals surface area contributed by atoms with Gasteiger partial charge < -0.3 is 14.8 Å². The lowest BCUT2D eigenvalue weighted by Gasteiger charge is -2.22. The topological polar surface area (TPSA) is 30.5 Å². The van der Waals surface area contributed by atoms with E-state index in [4.69, 9.17) is 9.47 Å². The van der Waals surface area contributed by atoms with Crippen molar-refractivity contribution in [2.75, 3.05) is 20.3 Å². The highest BCUT2D eigenvalue weighted by Gasteiger charge is 2.16. The fourth-order valence-corrected chi connectivity index (χ4v) is 2.25. The molecule has 0 spiro atoms. The molecule has 1 unspecified atom stereocenters. The molecule has 1 heterocycles. The number of ether oxygens (including phenoxy) is 2. The minimum Gasteiger partial charge on any atom is -0.486 e. The molecule has 0 aromatic heterocycles. The maximum absolute atomic E-state index is 5.63. The van der Waals surface area contributed by atoms with Crippen LogP contribution in [0.2, 0.25) is 0 Å². The van der Waals surface area contributed by atoms with Crippen LogP contribution in [-0.2, 0) is 0 Å². The van der Waals surface area contributed by atoms with Crippen LogP contribution in [-0.4, -0.2) is 20.3 Å². The summed E-state index contributed by atoms with van der Waals surface area (Å²) in [5.41, 5.74) is 1.28. The van der Waals surface area contributed by atoms with Crippen molar-refractivity contribution in [3.05, 3.63) is 23.8 Å².